The minimum atomic E-state index is -0.644. The Bertz CT molecular complexity index is 525. The van der Waals surface area contributed by atoms with Gasteiger partial charge in [0.05, 0.1) is 11.3 Å². The summed E-state index contributed by atoms with van der Waals surface area (Å²) < 4.78 is 14.3. The number of nitrogens with two attached hydrogens (primary N) is 1. The van der Waals surface area contributed by atoms with Gasteiger partial charge in [-0.05, 0) is 40.4 Å². The third-order valence-electron chi connectivity index (χ3n) is 2.56. The zero-order valence-electron chi connectivity index (χ0n) is 10.7. The molecule has 0 aromatic heterocycles. The summed E-state index contributed by atoms with van der Waals surface area (Å²) in [5.41, 5.74) is 5.63. The molecule has 1 rings (SSSR count). The van der Waals surface area contributed by atoms with Crippen molar-refractivity contribution >= 4 is 27.5 Å². The van der Waals surface area contributed by atoms with Gasteiger partial charge in [0.1, 0.15) is 17.9 Å². The van der Waals surface area contributed by atoms with Crippen LogP contribution in [0.25, 0.3) is 0 Å². The first-order valence-electron chi connectivity index (χ1n) is 5.80. The van der Waals surface area contributed by atoms with Crippen molar-refractivity contribution in [2.75, 3.05) is 5.32 Å². The predicted octanol–water partition coefficient (Wildman–Crippen LogP) is 2.77. The molecule has 4 nitrogen and oxygen atoms in total. The molecular weight excluding hydrogens is 313 g/mol. The number of benzene rings is 1. The maximum absolute atomic E-state index is 13.8. The molecule has 1 aromatic rings. The number of nitrogens with one attached hydrogen (secondary N) is 1. The molecule has 0 aliphatic carbocycles. The first-order chi connectivity index (χ1) is 8.85. The number of amides is 1. The van der Waals surface area contributed by atoms with E-state index in [0.29, 0.717) is 10.9 Å². The lowest BCUT2D eigenvalue weighted by atomic mass is 10.0. The molecule has 0 radical (unpaired) electrons. The molecule has 3 N–H and O–H groups in total. The first kappa shape index (κ1) is 15.4. The average molecular weight is 328 g/mol. The molecule has 0 spiro atoms. The molecule has 1 aromatic carbocycles. The van der Waals surface area contributed by atoms with Crippen molar-refractivity contribution in [2.24, 2.45) is 11.7 Å². The second-order valence-electron chi connectivity index (χ2n) is 4.65. The van der Waals surface area contributed by atoms with Crippen LogP contribution in [-0.2, 0) is 4.79 Å². The Morgan fingerprint density at radius 2 is 2.21 bits per heavy atom. The van der Waals surface area contributed by atoms with Gasteiger partial charge in [-0.2, -0.15) is 5.26 Å². The topological polar surface area (TPSA) is 78.9 Å². The van der Waals surface area contributed by atoms with Crippen molar-refractivity contribution in [2.45, 2.75) is 26.3 Å². The molecule has 0 heterocycles. The van der Waals surface area contributed by atoms with Gasteiger partial charge in [-0.1, -0.05) is 13.8 Å². The van der Waals surface area contributed by atoms with Crippen LogP contribution in [0.5, 0.6) is 0 Å². The summed E-state index contributed by atoms with van der Waals surface area (Å²) in [5.74, 6) is -0.877. The van der Waals surface area contributed by atoms with Crippen LogP contribution in [0.3, 0.4) is 0 Å². The van der Waals surface area contributed by atoms with Crippen LogP contribution in [0, 0.1) is 23.1 Å². The lowest BCUT2D eigenvalue weighted by Gasteiger charge is -2.19. The molecular formula is C13H15BrFN3O. The Morgan fingerprint density at radius 1 is 1.58 bits per heavy atom. The monoisotopic (exact) mass is 327 g/mol. The molecule has 102 valence electrons. The normalized spacial score (nSPS) is 12.0. The summed E-state index contributed by atoms with van der Waals surface area (Å²) in [5, 5.41) is 11.6. The van der Waals surface area contributed by atoms with Crippen LogP contribution in [0.2, 0.25) is 0 Å². The molecule has 0 fully saturated rings. The summed E-state index contributed by atoms with van der Waals surface area (Å²) in [4.78, 5) is 11.3. The summed E-state index contributed by atoms with van der Waals surface area (Å²) in [6.07, 6.45) is 0.506. The van der Waals surface area contributed by atoms with Crippen molar-refractivity contribution in [3.8, 4) is 6.07 Å². The van der Waals surface area contributed by atoms with Gasteiger partial charge in [-0.25, -0.2) is 4.39 Å². The van der Waals surface area contributed by atoms with Gasteiger partial charge in [0.2, 0.25) is 5.91 Å². The Morgan fingerprint density at radius 3 is 2.68 bits per heavy atom. The largest absolute Gasteiger partial charge is 0.371 e. The highest BCUT2D eigenvalue weighted by molar-refractivity contribution is 9.10. The highest BCUT2D eigenvalue weighted by atomic mass is 79.9. The van der Waals surface area contributed by atoms with Crippen molar-refractivity contribution < 1.29 is 9.18 Å². The fourth-order valence-electron chi connectivity index (χ4n) is 1.65. The molecule has 0 bridgehead atoms. The van der Waals surface area contributed by atoms with Crippen molar-refractivity contribution in [3.63, 3.8) is 0 Å². The molecule has 0 aliphatic heterocycles. The van der Waals surface area contributed by atoms with Crippen LogP contribution in [0.1, 0.15) is 25.8 Å². The van der Waals surface area contributed by atoms with Crippen LogP contribution in [0.15, 0.2) is 16.6 Å². The SMILES string of the molecule is CC(C)C[C@@H](Nc1cc(Br)c(C#N)cc1F)C(N)=O. The van der Waals surface area contributed by atoms with Crippen LogP contribution >= 0.6 is 15.9 Å². The number of carbonyl (C=O) groups is 1. The van der Waals surface area contributed by atoms with Crippen molar-refractivity contribution in [1.82, 2.24) is 0 Å². The van der Waals surface area contributed by atoms with E-state index < -0.39 is 17.8 Å². The van der Waals surface area contributed by atoms with E-state index >= 15 is 0 Å². The smallest absolute Gasteiger partial charge is 0.239 e. The lowest BCUT2D eigenvalue weighted by molar-refractivity contribution is -0.119. The summed E-state index contributed by atoms with van der Waals surface area (Å²) >= 11 is 3.17. The number of rotatable bonds is 5. The second kappa shape index (κ2) is 6.53. The van der Waals surface area contributed by atoms with E-state index in [0.717, 1.165) is 6.07 Å². The standard InChI is InChI=1S/C13H15BrFN3O/c1-7(2)3-12(13(17)19)18-11-5-9(14)8(6-16)4-10(11)15/h4-5,7,12,18H,3H2,1-2H3,(H2,17,19)/t12-/m1/s1. The van der Waals surface area contributed by atoms with Crippen LogP contribution in [-0.4, -0.2) is 11.9 Å². The number of hydrogen-bond acceptors (Lipinski definition) is 3. The Labute approximate surface area is 119 Å². The molecule has 1 atom stereocenters. The number of anilines is 1. The number of nitriles is 1. The Kier molecular flexibility index (Phi) is 5.31. The Balaban J connectivity index is 3.00. The number of nitrogens with zero attached hydrogens (tertiary/aromatic N) is 1. The molecule has 6 heteroatoms. The minimum Gasteiger partial charge on any atom is -0.371 e. The number of hydrogen-bond donors (Lipinski definition) is 2. The average Bonchev–Trinajstić information content (AvgIpc) is 2.31. The first-order valence-corrected chi connectivity index (χ1v) is 6.59. The summed E-state index contributed by atoms with van der Waals surface area (Å²) in [6, 6.07) is 3.77. The maximum Gasteiger partial charge on any atom is 0.239 e. The maximum atomic E-state index is 13.8. The number of halogens is 2. The zero-order valence-corrected chi connectivity index (χ0v) is 12.3. The van der Waals surface area contributed by atoms with Crippen molar-refractivity contribution in [3.05, 3.63) is 28.0 Å². The van der Waals surface area contributed by atoms with E-state index in [4.69, 9.17) is 11.0 Å². The van der Waals surface area contributed by atoms with Crippen LogP contribution in [0.4, 0.5) is 10.1 Å². The molecule has 0 aliphatic rings. The second-order valence-corrected chi connectivity index (χ2v) is 5.51. The Hall–Kier alpha value is -1.61. The van der Waals surface area contributed by atoms with Gasteiger partial charge in [0.15, 0.2) is 0 Å². The molecule has 0 unspecified atom stereocenters. The number of primary amides is 1. The minimum absolute atomic E-state index is 0.148. The van der Waals surface area contributed by atoms with Gasteiger partial charge in [0.25, 0.3) is 0 Å². The molecule has 0 saturated carbocycles. The van der Waals surface area contributed by atoms with Gasteiger partial charge in [-0.15, -0.1) is 0 Å². The highest BCUT2D eigenvalue weighted by Gasteiger charge is 2.19. The summed E-state index contributed by atoms with van der Waals surface area (Å²) in [7, 11) is 0. The van der Waals surface area contributed by atoms with Gasteiger partial charge in [-0.3, -0.25) is 4.79 Å². The fourth-order valence-corrected chi connectivity index (χ4v) is 2.08. The van der Waals surface area contributed by atoms with E-state index in [9.17, 15) is 9.18 Å². The van der Waals surface area contributed by atoms with E-state index in [1.807, 2.05) is 19.9 Å². The van der Waals surface area contributed by atoms with E-state index in [1.54, 1.807) is 0 Å². The molecule has 1 amide bonds. The quantitative estimate of drug-likeness (QED) is 0.872. The summed E-state index contributed by atoms with van der Waals surface area (Å²) in [6.45, 7) is 3.89. The lowest BCUT2D eigenvalue weighted by Crippen LogP contribution is -2.36. The predicted molar refractivity (Wildman–Crippen MR) is 74.9 cm³/mol. The molecule has 0 saturated heterocycles. The van der Waals surface area contributed by atoms with Crippen molar-refractivity contribution in [1.29, 1.82) is 5.26 Å². The third kappa shape index (κ3) is 4.21. The van der Waals surface area contributed by atoms with E-state index in [2.05, 4.69) is 21.2 Å². The van der Waals surface area contributed by atoms with Crippen LogP contribution < -0.4 is 11.1 Å². The third-order valence-corrected chi connectivity index (χ3v) is 3.21. The fraction of sp³-hybridized carbons (Fsp3) is 0.385. The van der Waals surface area contributed by atoms with E-state index in [-0.39, 0.29) is 17.2 Å². The highest BCUT2D eigenvalue weighted by Crippen LogP contribution is 2.25. The number of carbonyl (C=O) groups excluding carboxylic acids is 1. The molecule has 19 heavy (non-hydrogen) atoms. The van der Waals surface area contributed by atoms with Gasteiger partial charge < -0.3 is 11.1 Å². The van der Waals surface area contributed by atoms with Gasteiger partial charge >= 0.3 is 0 Å². The van der Waals surface area contributed by atoms with Gasteiger partial charge in [0, 0.05) is 4.47 Å². The van der Waals surface area contributed by atoms with E-state index in [1.165, 1.54) is 6.07 Å². The zero-order chi connectivity index (χ0) is 14.6.